The van der Waals surface area contributed by atoms with E-state index in [4.69, 9.17) is 14.2 Å². The maximum absolute atomic E-state index is 12.9. The molecule has 0 aliphatic rings. The molecule has 0 spiro atoms. The zero-order valence-corrected chi connectivity index (χ0v) is 50.8. The van der Waals surface area contributed by atoms with Gasteiger partial charge in [0.25, 0.3) is 0 Å². The second-order valence-electron chi connectivity index (χ2n) is 20.5. The van der Waals surface area contributed by atoms with E-state index in [0.717, 1.165) is 109 Å². The predicted octanol–water partition coefficient (Wildman–Crippen LogP) is 22.1. The van der Waals surface area contributed by atoms with Gasteiger partial charge in [0.2, 0.25) is 0 Å². The van der Waals surface area contributed by atoms with Gasteiger partial charge < -0.3 is 14.2 Å². The Balaban J connectivity index is 4.49. The molecule has 0 heterocycles. The standard InChI is InChI=1S/C73H116O6/c1-4-7-10-13-16-19-22-25-27-29-31-33-34-35-36-37-38-40-41-43-45-48-51-54-57-60-63-66-72(75)78-69-70(68-77-71(74)65-62-59-56-53-50-47-24-21-18-15-12-9-6-3)79-73(76)67-64-61-58-55-52-49-46-44-42-39-32-30-28-26-23-20-17-14-11-8-5-2/h7,9-10,12,16,18-19,21,25,27,30-33,35-36,38,40,43,45,47,50-51,54,56,59,70H,4-6,8,11,13-15,17,20,22-24,26,28-29,34,37,39,41-42,44,46,48-49,52-53,55,57-58,60-69H2,1-3H3/b10-7-,12-9-,19-16-,21-18-,27-25-,32-30-,33-31-,36-35-,40-38-,45-43-,50-47-,54-51-,59-56-. The highest BCUT2D eigenvalue weighted by molar-refractivity contribution is 5.71. The minimum Gasteiger partial charge on any atom is -0.462 e. The van der Waals surface area contributed by atoms with Crippen molar-refractivity contribution >= 4 is 17.9 Å². The van der Waals surface area contributed by atoms with E-state index in [0.29, 0.717) is 19.3 Å². The predicted molar refractivity (Wildman–Crippen MR) is 343 cm³/mol. The quantitative estimate of drug-likeness (QED) is 0.0261. The third-order valence-corrected chi connectivity index (χ3v) is 13.0. The molecule has 0 fully saturated rings. The zero-order chi connectivity index (χ0) is 57.1. The summed E-state index contributed by atoms with van der Waals surface area (Å²) in [6.07, 6.45) is 95.5. The van der Waals surface area contributed by atoms with E-state index in [1.165, 1.54) is 103 Å². The summed E-state index contributed by atoms with van der Waals surface area (Å²) in [5.41, 5.74) is 0. The number of ether oxygens (including phenoxy) is 3. The van der Waals surface area contributed by atoms with Crippen molar-refractivity contribution in [3.63, 3.8) is 0 Å². The summed E-state index contributed by atoms with van der Waals surface area (Å²) >= 11 is 0. The Labute approximate surface area is 486 Å². The molecule has 0 aromatic rings. The molecule has 0 N–H and O–H groups in total. The fraction of sp³-hybridized carbons (Fsp3) is 0.603. The smallest absolute Gasteiger partial charge is 0.306 e. The molecule has 0 saturated heterocycles. The minimum absolute atomic E-state index is 0.130. The Bertz CT molecular complexity index is 1780. The van der Waals surface area contributed by atoms with Crippen LogP contribution in [0.4, 0.5) is 0 Å². The van der Waals surface area contributed by atoms with Crippen molar-refractivity contribution in [2.24, 2.45) is 0 Å². The summed E-state index contributed by atoms with van der Waals surface area (Å²) in [4.78, 5) is 38.2. The first-order valence-electron chi connectivity index (χ1n) is 32.0. The van der Waals surface area contributed by atoms with Gasteiger partial charge in [-0.05, 0) is 135 Å². The van der Waals surface area contributed by atoms with E-state index >= 15 is 0 Å². The summed E-state index contributed by atoms with van der Waals surface area (Å²) < 4.78 is 16.8. The normalized spacial score (nSPS) is 13.2. The molecule has 79 heavy (non-hydrogen) atoms. The fourth-order valence-corrected chi connectivity index (χ4v) is 8.29. The molecular formula is C73H116O6. The van der Waals surface area contributed by atoms with Crippen molar-refractivity contribution in [3.8, 4) is 0 Å². The summed E-state index contributed by atoms with van der Waals surface area (Å²) in [6.45, 7) is 6.31. The summed E-state index contributed by atoms with van der Waals surface area (Å²) in [6, 6.07) is 0. The Morgan fingerprint density at radius 3 is 0.886 bits per heavy atom. The highest BCUT2D eigenvalue weighted by atomic mass is 16.6. The number of allylic oxidation sites excluding steroid dienone is 26. The van der Waals surface area contributed by atoms with Gasteiger partial charge in [-0.15, -0.1) is 0 Å². The van der Waals surface area contributed by atoms with E-state index in [2.05, 4.69) is 167 Å². The monoisotopic (exact) mass is 1090 g/mol. The molecule has 6 nitrogen and oxygen atoms in total. The van der Waals surface area contributed by atoms with Crippen LogP contribution in [-0.4, -0.2) is 37.2 Å². The number of rotatable bonds is 56. The molecule has 1 unspecified atom stereocenters. The first-order valence-corrected chi connectivity index (χ1v) is 32.0. The van der Waals surface area contributed by atoms with Crippen LogP contribution in [0.5, 0.6) is 0 Å². The van der Waals surface area contributed by atoms with E-state index in [1.54, 1.807) is 0 Å². The first-order chi connectivity index (χ1) is 39.0. The summed E-state index contributed by atoms with van der Waals surface area (Å²) in [5.74, 6) is -1.06. The zero-order valence-electron chi connectivity index (χ0n) is 50.8. The SMILES string of the molecule is CC/C=C\C/C=C\C/C=C\C/C=C\C/C=C\C/C=C\C/C=C\C/C=C\CCCCC(=O)OCC(COC(=O)CC/C=C\C/C=C\C/C=C\C/C=C\CC)OC(=O)CCCCCCCCCCC/C=C\CCCCCCCCCC. The molecule has 6 heteroatoms. The largest absolute Gasteiger partial charge is 0.462 e. The van der Waals surface area contributed by atoms with Crippen LogP contribution >= 0.6 is 0 Å². The average molecular weight is 1090 g/mol. The van der Waals surface area contributed by atoms with Crippen LogP contribution in [0.25, 0.3) is 0 Å². The molecule has 0 amide bonds. The van der Waals surface area contributed by atoms with Crippen LogP contribution in [-0.2, 0) is 28.6 Å². The van der Waals surface area contributed by atoms with Gasteiger partial charge in [0.15, 0.2) is 6.10 Å². The molecule has 0 rings (SSSR count). The van der Waals surface area contributed by atoms with Gasteiger partial charge in [0.05, 0.1) is 0 Å². The molecule has 1 atom stereocenters. The van der Waals surface area contributed by atoms with Crippen LogP contribution in [0.3, 0.4) is 0 Å². The molecule has 0 aliphatic heterocycles. The van der Waals surface area contributed by atoms with Crippen LogP contribution in [0.2, 0.25) is 0 Å². The molecule has 0 bridgehead atoms. The Hall–Kier alpha value is -4.97. The summed E-state index contributed by atoms with van der Waals surface area (Å²) in [7, 11) is 0. The van der Waals surface area contributed by atoms with E-state index in [1.807, 2.05) is 12.2 Å². The number of hydrogen-bond acceptors (Lipinski definition) is 6. The maximum Gasteiger partial charge on any atom is 0.306 e. The Morgan fingerprint density at radius 2 is 0.519 bits per heavy atom. The van der Waals surface area contributed by atoms with Crippen LogP contribution < -0.4 is 0 Å². The minimum atomic E-state index is -0.835. The van der Waals surface area contributed by atoms with Gasteiger partial charge in [-0.2, -0.15) is 0 Å². The van der Waals surface area contributed by atoms with E-state index in [-0.39, 0.29) is 44.0 Å². The molecular weight excluding hydrogens is 973 g/mol. The third kappa shape index (κ3) is 63.7. The second kappa shape index (κ2) is 65.5. The van der Waals surface area contributed by atoms with Crippen LogP contribution in [0.1, 0.15) is 265 Å². The second-order valence-corrected chi connectivity index (χ2v) is 20.5. The lowest BCUT2D eigenvalue weighted by atomic mass is 10.1. The third-order valence-electron chi connectivity index (χ3n) is 13.0. The lowest BCUT2D eigenvalue weighted by Crippen LogP contribution is -2.30. The first kappa shape index (κ1) is 74.0. The highest BCUT2D eigenvalue weighted by Gasteiger charge is 2.19. The molecule has 444 valence electrons. The van der Waals surface area contributed by atoms with Crippen molar-refractivity contribution in [2.75, 3.05) is 13.2 Å². The Morgan fingerprint density at radius 1 is 0.266 bits per heavy atom. The highest BCUT2D eigenvalue weighted by Crippen LogP contribution is 2.14. The molecule has 0 aliphatic carbocycles. The lowest BCUT2D eigenvalue weighted by molar-refractivity contribution is -0.166. The molecule has 0 aromatic carbocycles. The number of hydrogen-bond donors (Lipinski definition) is 0. The Kier molecular flexibility index (Phi) is 61.4. The van der Waals surface area contributed by atoms with E-state index in [9.17, 15) is 14.4 Å². The van der Waals surface area contributed by atoms with Gasteiger partial charge in [-0.3, -0.25) is 14.4 Å². The van der Waals surface area contributed by atoms with Crippen LogP contribution in [0.15, 0.2) is 158 Å². The average Bonchev–Trinajstić information content (AvgIpc) is 3.45. The number of unbranched alkanes of at least 4 members (excludes halogenated alkanes) is 19. The number of carbonyl (C=O) groups is 3. The molecule has 0 saturated carbocycles. The van der Waals surface area contributed by atoms with Crippen molar-refractivity contribution in [1.82, 2.24) is 0 Å². The maximum atomic E-state index is 12.9. The fourth-order valence-electron chi connectivity index (χ4n) is 8.29. The summed E-state index contributed by atoms with van der Waals surface area (Å²) in [5, 5.41) is 0. The van der Waals surface area contributed by atoms with Gasteiger partial charge in [0, 0.05) is 19.3 Å². The molecule has 0 radical (unpaired) electrons. The van der Waals surface area contributed by atoms with Crippen molar-refractivity contribution < 1.29 is 28.6 Å². The lowest BCUT2D eigenvalue weighted by Gasteiger charge is -2.18. The topological polar surface area (TPSA) is 78.9 Å². The van der Waals surface area contributed by atoms with Crippen LogP contribution in [0, 0.1) is 0 Å². The number of esters is 3. The van der Waals surface area contributed by atoms with Gasteiger partial charge in [-0.25, -0.2) is 0 Å². The number of carbonyl (C=O) groups excluding carboxylic acids is 3. The molecule has 0 aromatic heterocycles. The van der Waals surface area contributed by atoms with Gasteiger partial charge >= 0.3 is 17.9 Å². The van der Waals surface area contributed by atoms with Gasteiger partial charge in [0.1, 0.15) is 13.2 Å². The van der Waals surface area contributed by atoms with Crippen molar-refractivity contribution in [3.05, 3.63) is 158 Å². The van der Waals surface area contributed by atoms with E-state index < -0.39 is 6.10 Å². The van der Waals surface area contributed by atoms with Crippen molar-refractivity contribution in [1.29, 1.82) is 0 Å². The van der Waals surface area contributed by atoms with Gasteiger partial charge in [-0.1, -0.05) is 269 Å². The van der Waals surface area contributed by atoms with Crippen molar-refractivity contribution in [2.45, 2.75) is 271 Å².